The number of primary amides is 1. The number of carbonyl (C=O) groups excluding carboxylic acids is 1. The Balaban J connectivity index is 2.13. The minimum absolute atomic E-state index is 0.221. The molecule has 4 nitrogen and oxygen atoms in total. The summed E-state index contributed by atoms with van der Waals surface area (Å²) < 4.78 is 0. The summed E-state index contributed by atoms with van der Waals surface area (Å²) in [5, 5.41) is 9.55. The van der Waals surface area contributed by atoms with Crippen LogP contribution in [0.4, 0.5) is 0 Å². The van der Waals surface area contributed by atoms with Crippen LogP contribution in [0.3, 0.4) is 0 Å². The number of amides is 1. The Morgan fingerprint density at radius 2 is 2.20 bits per heavy atom. The first-order valence-corrected chi connectivity index (χ1v) is 7.36. The van der Waals surface area contributed by atoms with E-state index in [2.05, 4.69) is 4.90 Å². The minimum Gasteiger partial charge on any atom is -0.395 e. The zero-order valence-corrected chi connectivity index (χ0v) is 12.1. The third kappa shape index (κ3) is 3.58. The first-order chi connectivity index (χ1) is 9.61. The molecular weight excluding hydrogens is 252 g/mol. The predicted molar refractivity (Wildman–Crippen MR) is 79.4 cm³/mol. The SMILES string of the molecule is Cc1cc(C(N)=O)ccc1CN1CCCCCC1CO. The van der Waals surface area contributed by atoms with Crippen LogP contribution < -0.4 is 5.73 Å². The first kappa shape index (κ1) is 15.0. The summed E-state index contributed by atoms with van der Waals surface area (Å²) in [6.45, 7) is 4.09. The van der Waals surface area contributed by atoms with Gasteiger partial charge in [0.15, 0.2) is 0 Å². The molecule has 0 saturated carbocycles. The number of carbonyl (C=O) groups is 1. The number of aliphatic hydroxyl groups is 1. The Morgan fingerprint density at radius 3 is 2.85 bits per heavy atom. The molecule has 0 spiro atoms. The summed E-state index contributed by atoms with van der Waals surface area (Å²) in [4.78, 5) is 13.5. The Morgan fingerprint density at radius 1 is 1.40 bits per heavy atom. The Kier molecular flexibility index (Phi) is 5.15. The van der Waals surface area contributed by atoms with Crippen molar-refractivity contribution in [2.75, 3.05) is 13.2 Å². The second-order valence-electron chi connectivity index (χ2n) is 5.66. The summed E-state index contributed by atoms with van der Waals surface area (Å²) in [5.41, 5.74) is 8.14. The summed E-state index contributed by atoms with van der Waals surface area (Å²) >= 11 is 0. The van der Waals surface area contributed by atoms with E-state index in [-0.39, 0.29) is 18.6 Å². The molecule has 1 fully saturated rings. The van der Waals surface area contributed by atoms with Crippen LogP contribution in [0.25, 0.3) is 0 Å². The van der Waals surface area contributed by atoms with Crippen LogP contribution in [-0.4, -0.2) is 35.1 Å². The van der Waals surface area contributed by atoms with E-state index in [4.69, 9.17) is 5.73 Å². The number of rotatable bonds is 4. The van der Waals surface area contributed by atoms with Crippen molar-refractivity contribution in [3.8, 4) is 0 Å². The van der Waals surface area contributed by atoms with Gasteiger partial charge in [0.25, 0.3) is 0 Å². The molecule has 1 aromatic rings. The molecule has 1 heterocycles. The van der Waals surface area contributed by atoms with E-state index >= 15 is 0 Å². The van der Waals surface area contributed by atoms with Crippen molar-refractivity contribution >= 4 is 5.91 Å². The van der Waals surface area contributed by atoms with E-state index in [1.807, 2.05) is 19.1 Å². The third-order valence-electron chi connectivity index (χ3n) is 4.21. The smallest absolute Gasteiger partial charge is 0.248 e. The molecular formula is C16H24N2O2. The lowest BCUT2D eigenvalue weighted by Crippen LogP contribution is -2.37. The van der Waals surface area contributed by atoms with Crippen molar-refractivity contribution in [2.45, 2.75) is 45.2 Å². The zero-order valence-electron chi connectivity index (χ0n) is 12.1. The van der Waals surface area contributed by atoms with Gasteiger partial charge in [0.05, 0.1) is 6.61 Å². The lowest BCUT2D eigenvalue weighted by Gasteiger charge is -2.29. The monoisotopic (exact) mass is 276 g/mol. The van der Waals surface area contributed by atoms with Crippen molar-refractivity contribution in [1.82, 2.24) is 4.90 Å². The van der Waals surface area contributed by atoms with E-state index in [1.165, 1.54) is 24.8 Å². The average Bonchev–Trinajstić information content (AvgIpc) is 2.65. The zero-order chi connectivity index (χ0) is 14.5. The predicted octanol–water partition coefficient (Wildman–Crippen LogP) is 1.83. The van der Waals surface area contributed by atoms with E-state index < -0.39 is 0 Å². The number of benzene rings is 1. The van der Waals surface area contributed by atoms with Crippen molar-refractivity contribution in [3.05, 3.63) is 34.9 Å². The Bertz CT molecular complexity index is 474. The maximum Gasteiger partial charge on any atom is 0.248 e. The van der Waals surface area contributed by atoms with Crippen molar-refractivity contribution < 1.29 is 9.90 Å². The summed E-state index contributed by atoms with van der Waals surface area (Å²) in [6.07, 6.45) is 4.69. The quantitative estimate of drug-likeness (QED) is 0.881. The van der Waals surface area contributed by atoms with Gasteiger partial charge in [0.2, 0.25) is 5.91 Å². The van der Waals surface area contributed by atoms with Crippen LogP contribution >= 0.6 is 0 Å². The number of hydrogen-bond donors (Lipinski definition) is 2. The van der Waals surface area contributed by atoms with Crippen LogP contribution in [0.1, 0.15) is 47.2 Å². The van der Waals surface area contributed by atoms with E-state index in [1.54, 1.807) is 6.07 Å². The summed E-state index contributed by atoms with van der Waals surface area (Å²) in [5.74, 6) is -0.386. The van der Waals surface area contributed by atoms with E-state index in [0.717, 1.165) is 25.1 Å². The van der Waals surface area contributed by atoms with Gasteiger partial charge in [-0.05, 0) is 49.6 Å². The first-order valence-electron chi connectivity index (χ1n) is 7.36. The maximum atomic E-state index is 11.2. The molecule has 0 bridgehead atoms. The molecule has 1 aromatic carbocycles. The highest BCUT2D eigenvalue weighted by atomic mass is 16.3. The Hall–Kier alpha value is -1.39. The molecule has 1 unspecified atom stereocenters. The molecule has 4 heteroatoms. The summed E-state index contributed by atoms with van der Waals surface area (Å²) in [7, 11) is 0. The van der Waals surface area contributed by atoms with Crippen LogP contribution in [0.15, 0.2) is 18.2 Å². The van der Waals surface area contributed by atoms with Gasteiger partial charge in [0, 0.05) is 18.2 Å². The topological polar surface area (TPSA) is 66.6 Å². The molecule has 3 N–H and O–H groups in total. The van der Waals surface area contributed by atoms with Crippen molar-refractivity contribution in [2.24, 2.45) is 5.73 Å². The molecule has 1 aliphatic heterocycles. The van der Waals surface area contributed by atoms with Crippen molar-refractivity contribution in [1.29, 1.82) is 0 Å². The molecule has 20 heavy (non-hydrogen) atoms. The number of aliphatic hydroxyl groups excluding tert-OH is 1. The molecule has 0 aromatic heterocycles. The number of aryl methyl sites for hydroxylation is 1. The molecule has 0 aliphatic carbocycles. The van der Waals surface area contributed by atoms with Crippen molar-refractivity contribution in [3.63, 3.8) is 0 Å². The van der Waals surface area contributed by atoms with Gasteiger partial charge < -0.3 is 10.8 Å². The fourth-order valence-electron chi connectivity index (χ4n) is 2.90. The van der Waals surface area contributed by atoms with Crippen LogP contribution in [0.5, 0.6) is 0 Å². The Labute approximate surface area is 120 Å². The van der Waals surface area contributed by atoms with Gasteiger partial charge in [-0.3, -0.25) is 9.69 Å². The number of likely N-dealkylation sites (tertiary alicyclic amines) is 1. The molecule has 2 rings (SSSR count). The maximum absolute atomic E-state index is 11.2. The number of nitrogens with zero attached hydrogens (tertiary/aromatic N) is 1. The standard InChI is InChI=1S/C16H24N2O2/c1-12-9-13(16(17)20)6-7-14(12)10-18-8-4-2-3-5-15(18)11-19/h6-7,9,15,19H,2-5,8,10-11H2,1H3,(H2,17,20). The lowest BCUT2D eigenvalue weighted by atomic mass is 10.0. The molecule has 0 radical (unpaired) electrons. The highest BCUT2D eigenvalue weighted by molar-refractivity contribution is 5.93. The molecule has 110 valence electrons. The van der Waals surface area contributed by atoms with E-state index in [9.17, 15) is 9.90 Å². The highest BCUT2D eigenvalue weighted by Gasteiger charge is 2.20. The molecule has 1 saturated heterocycles. The number of hydrogen-bond acceptors (Lipinski definition) is 3. The van der Waals surface area contributed by atoms with Crippen LogP contribution in [0, 0.1) is 6.92 Å². The molecule has 1 amide bonds. The van der Waals surface area contributed by atoms with Gasteiger partial charge in [-0.25, -0.2) is 0 Å². The average molecular weight is 276 g/mol. The van der Waals surface area contributed by atoms with Crippen LogP contribution in [-0.2, 0) is 6.54 Å². The fourth-order valence-corrected chi connectivity index (χ4v) is 2.90. The molecule has 1 aliphatic rings. The lowest BCUT2D eigenvalue weighted by molar-refractivity contribution is 0.1000. The van der Waals surface area contributed by atoms with Gasteiger partial charge in [-0.1, -0.05) is 18.9 Å². The summed E-state index contributed by atoms with van der Waals surface area (Å²) in [6, 6.07) is 5.88. The second kappa shape index (κ2) is 6.86. The van der Waals surface area contributed by atoms with Gasteiger partial charge in [-0.15, -0.1) is 0 Å². The number of nitrogens with two attached hydrogens (primary N) is 1. The van der Waals surface area contributed by atoms with E-state index in [0.29, 0.717) is 5.56 Å². The third-order valence-corrected chi connectivity index (χ3v) is 4.21. The highest BCUT2D eigenvalue weighted by Crippen LogP contribution is 2.21. The molecule has 1 atom stereocenters. The van der Waals surface area contributed by atoms with Gasteiger partial charge in [-0.2, -0.15) is 0 Å². The second-order valence-corrected chi connectivity index (χ2v) is 5.66. The fraction of sp³-hybridized carbons (Fsp3) is 0.562. The normalized spacial score (nSPS) is 20.6. The van der Waals surface area contributed by atoms with Gasteiger partial charge in [0.1, 0.15) is 0 Å². The van der Waals surface area contributed by atoms with Crippen LogP contribution in [0.2, 0.25) is 0 Å². The minimum atomic E-state index is -0.386. The largest absolute Gasteiger partial charge is 0.395 e. The van der Waals surface area contributed by atoms with Gasteiger partial charge >= 0.3 is 0 Å².